The maximum absolute atomic E-state index is 12.4. The number of fused-ring (bicyclic) bond motifs is 1. The number of carbonyl (C=O) groups is 1. The second kappa shape index (κ2) is 5.89. The summed E-state index contributed by atoms with van der Waals surface area (Å²) in [4.78, 5) is 14.0. The number of para-hydroxylation sites is 1. The van der Waals surface area contributed by atoms with E-state index in [4.69, 9.17) is 9.26 Å². The van der Waals surface area contributed by atoms with E-state index in [-0.39, 0.29) is 12.3 Å². The van der Waals surface area contributed by atoms with Crippen molar-refractivity contribution < 1.29 is 14.1 Å². The van der Waals surface area contributed by atoms with Gasteiger partial charge < -0.3 is 14.2 Å². The minimum Gasteiger partial charge on any atom is -0.497 e. The first-order valence-electron chi connectivity index (χ1n) is 6.93. The Balaban J connectivity index is 1.78. The van der Waals surface area contributed by atoms with E-state index in [0.717, 1.165) is 16.8 Å². The van der Waals surface area contributed by atoms with Gasteiger partial charge in [0.15, 0.2) is 5.58 Å². The maximum atomic E-state index is 12.4. The lowest BCUT2D eigenvalue weighted by molar-refractivity contribution is -0.117. The fourth-order valence-corrected chi connectivity index (χ4v) is 2.28. The lowest BCUT2D eigenvalue weighted by Gasteiger charge is -2.17. The molecule has 1 amide bonds. The van der Waals surface area contributed by atoms with E-state index in [9.17, 15) is 4.79 Å². The number of likely N-dealkylation sites (N-methyl/N-ethyl adjacent to an activating group) is 1. The standard InChI is InChI=1S/C17H16N2O3/c1-19(12-7-9-13(21-2)10-8-12)17(20)11-15-14-5-3-4-6-16(14)22-18-15/h3-10H,11H2,1-2H3. The second-order valence-corrected chi connectivity index (χ2v) is 4.95. The van der Waals surface area contributed by atoms with Crippen molar-refractivity contribution >= 4 is 22.6 Å². The van der Waals surface area contributed by atoms with Crippen LogP contribution in [-0.2, 0) is 11.2 Å². The van der Waals surface area contributed by atoms with Gasteiger partial charge in [0.2, 0.25) is 5.91 Å². The molecule has 3 aromatic rings. The number of rotatable bonds is 4. The van der Waals surface area contributed by atoms with Crippen LogP contribution in [0.1, 0.15) is 5.69 Å². The van der Waals surface area contributed by atoms with Crippen molar-refractivity contribution in [3.8, 4) is 5.75 Å². The molecular weight excluding hydrogens is 280 g/mol. The van der Waals surface area contributed by atoms with Gasteiger partial charge in [-0.3, -0.25) is 4.79 Å². The minimum absolute atomic E-state index is 0.0516. The van der Waals surface area contributed by atoms with Gasteiger partial charge in [0.25, 0.3) is 0 Å². The number of hydrogen-bond donors (Lipinski definition) is 0. The van der Waals surface area contributed by atoms with E-state index >= 15 is 0 Å². The van der Waals surface area contributed by atoms with Crippen LogP contribution in [0.2, 0.25) is 0 Å². The summed E-state index contributed by atoms with van der Waals surface area (Å²) in [6.07, 6.45) is 0.194. The van der Waals surface area contributed by atoms with Gasteiger partial charge in [-0.25, -0.2) is 0 Å². The summed E-state index contributed by atoms with van der Waals surface area (Å²) < 4.78 is 10.3. The third-order valence-corrected chi connectivity index (χ3v) is 3.60. The van der Waals surface area contributed by atoms with Gasteiger partial charge in [-0.05, 0) is 36.4 Å². The van der Waals surface area contributed by atoms with Crippen molar-refractivity contribution in [3.63, 3.8) is 0 Å². The quantitative estimate of drug-likeness (QED) is 0.742. The summed E-state index contributed by atoms with van der Waals surface area (Å²) in [6, 6.07) is 14.9. The third kappa shape index (κ3) is 2.65. The molecule has 5 heteroatoms. The van der Waals surface area contributed by atoms with Crippen molar-refractivity contribution in [3.05, 3.63) is 54.2 Å². The number of hydrogen-bond acceptors (Lipinski definition) is 4. The average molecular weight is 296 g/mol. The van der Waals surface area contributed by atoms with Crippen LogP contribution in [0.4, 0.5) is 5.69 Å². The molecule has 1 heterocycles. The SMILES string of the molecule is COc1ccc(N(C)C(=O)Cc2noc3ccccc23)cc1. The highest BCUT2D eigenvalue weighted by molar-refractivity contribution is 5.96. The number of amides is 1. The summed E-state index contributed by atoms with van der Waals surface area (Å²) in [5.74, 6) is 0.705. The normalized spacial score (nSPS) is 10.6. The predicted octanol–water partition coefficient (Wildman–Crippen LogP) is 3.04. The molecule has 1 aromatic heterocycles. The van der Waals surface area contributed by atoms with Crippen LogP contribution in [0, 0.1) is 0 Å². The zero-order chi connectivity index (χ0) is 15.5. The molecule has 2 aromatic carbocycles. The molecule has 0 N–H and O–H groups in total. The summed E-state index contributed by atoms with van der Waals surface area (Å²) in [5.41, 5.74) is 2.15. The molecule has 3 rings (SSSR count). The molecule has 0 unspecified atom stereocenters. The van der Waals surface area contributed by atoms with Crippen molar-refractivity contribution in [1.29, 1.82) is 0 Å². The predicted molar refractivity (Wildman–Crippen MR) is 84.1 cm³/mol. The molecule has 0 radical (unpaired) electrons. The van der Waals surface area contributed by atoms with Crippen molar-refractivity contribution in [2.75, 3.05) is 19.1 Å². The highest BCUT2D eigenvalue weighted by atomic mass is 16.5. The van der Waals surface area contributed by atoms with E-state index in [2.05, 4.69) is 5.16 Å². The molecule has 0 aliphatic heterocycles. The Hall–Kier alpha value is -2.82. The van der Waals surface area contributed by atoms with Crippen LogP contribution >= 0.6 is 0 Å². The molecule has 22 heavy (non-hydrogen) atoms. The van der Waals surface area contributed by atoms with Gasteiger partial charge in [-0.1, -0.05) is 17.3 Å². The van der Waals surface area contributed by atoms with E-state index in [1.54, 1.807) is 19.1 Å². The fourth-order valence-electron chi connectivity index (χ4n) is 2.28. The van der Waals surface area contributed by atoms with Gasteiger partial charge >= 0.3 is 0 Å². The number of aromatic nitrogens is 1. The molecule has 0 aliphatic carbocycles. The summed E-state index contributed by atoms with van der Waals surface area (Å²) in [6.45, 7) is 0. The average Bonchev–Trinajstić information content (AvgIpc) is 2.97. The number of nitrogens with zero attached hydrogens (tertiary/aromatic N) is 2. The van der Waals surface area contributed by atoms with E-state index in [0.29, 0.717) is 11.3 Å². The maximum Gasteiger partial charge on any atom is 0.232 e. The molecule has 0 spiro atoms. The largest absolute Gasteiger partial charge is 0.497 e. The van der Waals surface area contributed by atoms with Crippen LogP contribution < -0.4 is 9.64 Å². The van der Waals surface area contributed by atoms with Crippen LogP contribution in [0.25, 0.3) is 11.0 Å². The highest BCUT2D eigenvalue weighted by Gasteiger charge is 2.16. The summed E-state index contributed by atoms with van der Waals surface area (Å²) in [5, 5.41) is 4.87. The van der Waals surface area contributed by atoms with Gasteiger partial charge in [-0.2, -0.15) is 0 Å². The van der Waals surface area contributed by atoms with E-state index in [1.165, 1.54) is 0 Å². The lowest BCUT2D eigenvalue weighted by Crippen LogP contribution is -2.27. The number of anilines is 1. The molecule has 0 fully saturated rings. The topological polar surface area (TPSA) is 55.6 Å². The number of carbonyl (C=O) groups excluding carboxylic acids is 1. The molecule has 5 nitrogen and oxygen atoms in total. The fraction of sp³-hybridized carbons (Fsp3) is 0.176. The summed E-state index contributed by atoms with van der Waals surface area (Å²) >= 11 is 0. The first kappa shape index (κ1) is 14.1. The first-order chi connectivity index (χ1) is 10.7. The van der Waals surface area contributed by atoms with Crippen LogP contribution in [0.3, 0.4) is 0 Å². The Kier molecular flexibility index (Phi) is 3.78. The Labute approximate surface area is 128 Å². The lowest BCUT2D eigenvalue weighted by atomic mass is 10.1. The van der Waals surface area contributed by atoms with Crippen LogP contribution in [0.15, 0.2) is 53.1 Å². The third-order valence-electron chi connectivity index (χ3n) is 3.60. The molecule has 0 atom stereocenters. The molecule has 0 saturated heterocycles. The van der Waals surface area contributed by atoms with Gasteiger partial charge in [0.05, 0.1) is 13.5 Å². The van der Waals surface area contributed by atoms with Crippen LogP contribution in [0.5, 0.6) is 5.75 Å². The van der Waals surface area contributed by atoms with Crippen molar-refractivity contribution in [2.24, 2.45) is 0 Å². The molecular formula is C17H16N2O3. The monoisotopic (exact) mass is 296 g/mol. The highest BCUT2D eigenvalue weighted by Crippen LogP contribution is 2.21. The molecule has 0 aliphatic rings. The van der Waals surface area contributed by atoms with Gasteiger partial charge in [0, 0.05) is 18.1 Å². The zero-order valence-corrected chi connectivity index (χ0v) is 12.4. The van der Waals surface area contributed by atoms with Gasteiger partial charge in [0.1, 0.15) is 11.4 Å². The van der Waals surface area contributed by atoms with E-state index in [1.807, 2.05) is 48.5 Å². The minimum atomic E-state index is -0.0516. The van der Waals surface area contributed by atoms with Gasteiger partial charge in [-0.15, -0.1) is 0 Å². The summed E-state index contributed by atoms with van der Waals surface area (Å²) in [7, 11) is 3.35. The smallest absolute Gasteiger partial charge is 0.232 e. The Morgan fingerprint density at radius 3 is 2.64 bits per heavy atom. The Morgan fingerprint density at radius 1 is 1.18 bits per heavy atom. The van der Waals surface area contributed by atoms with Crippen LogP contribution in [-0.4, -0.2) is 25.2 Å². The number of ether oxygens (including phenoxy) is 1. The molecule has 112 valence electrons. The molecule has 0 bridgehead atoms. The Morgan fingerprint density at radius 2 is 1.91 bits per heavy atom. The number of methoxy groups -OCH3 is 1. The second-order valence-electron chi connectivity index (χ2n) is 4.95. The first-order valence-corrected chi connectivity index (χ1v) is 6.93. The Bertz CT molecular complexity index is 793. The van der Waals surface area contributed by atoms with Crippen molar-refractivity contribution in [1.82, 2.24) is 5.16 Å². The zero-order valence-electron chi connectivity index (χ0n) is 12.4. The number of benzene rings is 2. The van der Waals surface area contributed by atoms with Crippen molar-refractivity contribution in [2.45, 2.75) is 6.42 Å². The van der Waals surface area contributed by atoms with E-state index < -0.39 is 0 Å². The molecule has 0 saturated carbocycles.